The van der Waals surface area contributed by atoms with E-state index in [0.29, 0.717) is 5.03 Å². The van der Waals surface area contributed by atoms with E-state index in [0.717, 1.165) is 24.0 Å². The molecule has 0 aromatic carbocycles. The van der Waals surface area contributed by atoms with Crippen molar-refractivity contribution in [1.29, 1.82) is 0 Å². The monoisotopic (exact) mass is 293 g/mol. The second kappa shape index (κ2) is 5.81. The molecule has 1 rings (SSSR count). The Morgan fingerprint density at radius 1 is 1.37 bits per heavy atom. The van der Waals surface area contributed by atoms with E-state index in [1.54, 1.807) is 20.8 Å². The zero-order chi connectivity index (χ0) is 14.7. The molecule has 0 radical (unpaired) electrons. The largest absolute Gasteiger partial charge is 0.465 e. The second-order valence-corrected chi connectivity index (χ2v) is 5.86. The summed E-state index contributed by atoms with van der Waals surface area (Å²) in [6.07, 6.45) is -3.66. The van der Waals surface area contributed by atoms with Crippen LogP contribution < -0.4 is 0 Å². The van der Waals surface area contributed by atoms with Crippen LogP contribution in [0.3, 0.4) is 0 Å². The Morgan fingerprint density at radius 2 is 2.00 bits per heavy atom. The fraction of sp³-hybridized carbons (Fsp3) is 0.500. The van der Waals surface area contributed by atoms with Crippen LogP contribution in [0.2, 0.25) is 0 Å². The number of rotatable bonds is 4. The molecule has 19 heavy (non-hydrogen) atoms. The van der Waals surface area contributed by atoms with Crippen LogP contribution >= 0.6 is 11.8 Å². The van der Waals surface area contributed by atoms with Gasteiger partial charge in [0.15, 0.2) is 0 Å². The fourth-order valence-electron chi connectivity index (χ4n) is 1.22. The van der Waals surface area contributed by atoms with Crippen LogP contribution in [0, 0.1) is 0 Å². The first-order chi connectivity index (χ1) is 8.66. The molecule has 0 atom stereocenters. The Kier molecular flexibility index (Phi) is 4.84. The SMILES string of the molecule is CCOC(=O)C(C)(C)Sc1ccc(C(F)(F)F)cn1. The fourth-order valence-corrected chi connectivity index (χ4v) is 2.12. The van der Waals surface area contributed by atoms with Gasteiger partial charge in [0.25, 0.3) is 0 Å². The molecule has 0 bridgehead atoms. The normalized spacial score (nSPS) is 12.3. The molecule has 0 saturated heterocycles. The number of hydrogen-bond donors (Lipinski definition) is 0. The maximum atomic E-state index is 12.4. The summed E-state index contributed by atoms with van der Waals surface area (Å²) < 4.78 is 41.1. The molecule has 0 saturated carbocycles. The number of thioether (sulfide) groups is 1. The van der Waals surface area contributed by atoms with Crippen molar-refractivity contribution >= 4 is 17.7 Å². The molecule has 0 aliphatic carbocycles. The minimum absolute atomic E-state index is 0.253. The lowest BCUT2D eigenvalue weighted by molar-refractivity contribution is -0.145. The zero-order valence-electron chi connectivity index (χ0n) is 10.7. The summed E-state index contributed by atoms with van der Waals surface area (Å²) in [5, 5.41) is 0.339. The molecule has 3 nitrogen and oxygen atoms in total. The molecule has 7 heteroatoms. The van der Waals surface area contributed by atoms with Gasteiger partial charge in [-0.2, -0.15) is 13.2 Å². The van der Waals surface area contributed by atoms with Crippen LogP contribution in [0.4, 0.5) is 13.2 Å². The summed E-state index contributed by atoms with van der Waals surface area (Å²) in [5.41, 5.74) is -0.814. The number of pyridine rings is 1. The van der Waals surface area contributed by atoms with E-state index < -0.39 is 22.5 Å². The molecule has 0 N–H and O–H groups in total. The number of aromatic nitrogens is 1. The number of ether oxygens (including phenoxy) is 1. The van der Waals surface area contributed by atoms with E-state index in [1.165, 1.54) is 6.07 Å². The summed E-state index contributed by atoms with van der Waals surface area (Å²) >= 11 is 1.06. The molecule has 1 aromatic rings. The lowest BCUT2D eigenvalue weighted by atomic mass is 10.2. The van der Waals surface area contributed by atoms with Crippen LogP contribution in [0.1, 0.15) is 26.3 Å². The maximum absolute atomic E-state index is 12.4. The lowest BCUT2D eigenvalue weighted by Gasteiger charge is -2.21. The van der Waals surface area contributed by atoms with Gasteiger partial charge in [-0.05, 0) is 32.9 Å². The van der Waals surface area contributed by atoms with Crippen molar-refractivity contribution in [2.45, 2.75) is 36.7 Å². The third kappa shape index (κ3) is 4.41. The predicted octanol–water partition coefficient (Wildman–Crippen LogP) is 3.53. The Labute approximate surface area is 113 Å². The van der Waals surface area contributed by atoms with Gasteiger partial charge in [0.2, 0.25) is 0 Å². The molecular formula is C12H14F3NO2S. The van der Waals surface area contributed by atoms with Crippen LogP contribution in [-0.4, -0.2) is 22.3 Å². The van der Waals surface area contributed by atoms with Crippen molar-refractivity contribution in [3.63, 3.8) is 0 Å². The number of halogens is 3. The Morgan fingerprint density at radius 3 is 2.42 bits per heavy atom. The van der Waals surface area contributed by atoms with Gasteiger partial charge in [0, 0.05) is 6.20 Å². The van der Waals surface area contributed by atoms with Gasteiger partial charge in [0.05, 0.1) is 17.2 Å². The van der Waals surface area contributed by atoms with Gasteiger partial charge in [-0.1, -0.05) is 11.8 Å². The summed E-state index contributed by atoms with van der Waals surface area (Å²) in [6, 6.07) is 2.19. The highest BCUT2D eigenvalue weighted by Gasteiger charge is 2.33. The van der Waals surface area contributed by atoms with E-state index in [2.05, 4.69) is 4.98 Å². The molecule has 0 amide bonds. The van der Waals surface area contributed by atoms with E-state index >= 15 is 0 Å². The van der Waals surface area contributed by atoms with Crippen molar-refractivity contribution in [2.24, 2.45) is 0 Å². The zero-order valence-corrected chi connectivity index (χ0v) is 11.6. The topological polar surface area (TPSA) is 39.2 Å². The molecule has 1 heterocycles. The maximum Gasteiger partial charge on any atom is 0.417 e. The van der Waals surface area contributed by atoms with Crippen LogP contribution in [-0.2, 0) is 15.7 Å². The standard InChI is InChI=1S/C12H14F3NO2S/c1-4-18-10(17)11(2,3)19-9-6-5-8(7-16-9)12(13,14)15/h5-7H,4H2,1-3H3. The van der Waals surface area contributed by atoms with Crippen molar-refractivity contribution in [2.75, 3.05) is 6.61 Å². The summed E-state index contributed by atoms with van der Waals surface area (Å²) in [6.45, 7) is 5.21. The number of nitrogens with zero attached hydrogens (tertiary/aromatic N) is 1. The molecule has 0 unspecified atom stereocenters. The third-order valence-electron chi connectivity index (χ3n) is 2.19. The van der Waals surface area contributed by atoms with Crippen LogP contribution in [0.5, 0.6) is 0 Å². The van der Waals surface area contributed by atoms with Gasteiger partial charge < -0.3 is 4.74 Å². The molecular weight excluding hydrogens is 279 g/mol. The highest BCUT2D eigenvalue weighted by molar-refractivity contribution is 8.01. The van der Waals surface area contributed by atoms with Crippen LogP contribution in [0.25, 0.3) is 0 Å². The number of hydrogen-bond acceptors (Lipinski definition) is 4. The minimum Gasteiger partial charge on any atom is -0.465 e. The van der Waals surface area contributed by atoms with E-state index in [9.17, 15) is 18.0 Å². The Balaban J connectivity index is 2.80. The molecule has 0 aliphatic rings. The van der Waals surface area contributed by atoms with E-state index in [4.69, 9.17) is 4.74 Å². The molecule has 0 aliphatic heterocycles. The van der Waals surface area contributed by atoms with Crippen molar-refractivity contribution in [3.8, 4) is 0 Å². The lowest BCUT2D eigenvalue weighted by Crippen LogP contribution is -2.30. The molecule has 1 aromatic heterocycles. The second-order valence-electron chi connectivity index (χ2n) is 4.22. The summed E-state index contributed by atoms with van der Waals surface area (Å²) in [5.74, 6) is -0.429. The Bertz CT molecular complexity index is 443. The summed E-state index contributed by atoms with van der Waals surface area (Å²) in [4.78, 5) is 15.4. The molecule has 0 fully saturated rings. The first-order valence-electron chi connectivity index (χ1n) is 5.56. The van der Waals surface area contributed by atoms with Crippen molar-refractivity contribution < 1.29 is 22.7 Å². The van der Waals surface area contributed by atoms with E-state index in [-0.39, 0.29) is 6.61 Å². The average Bonchev–Trinajstić information content (AvgIpc) is 2.28. The summed E-state index contributed by atoms with van der Waals surface area (Å²) in [7, 11) is 0. The van der Waals surface area contributed by atoms with E-state index in [1.807, 2.05) is 0 Å². The van der Waals surface area contributed by atoms with Gasteiger partial charge in [-0.15, -0.1) is 0 Å². The van der Waals surface area contributed by atoms with Crippen molar-refractivity contribution in [3.05, 3.63) is 23.9 Å². The van der Waals surface area contributed by atoms with Crippen molar-refractivity contribution in [1.82, 2.24) is 4.98 Å². The molecule has 0 spiro atoms. The predicted molar refractivity (Wildman–Crippen MR) is 65.8 cm³/mol. The van der Waals surface area contributed by atoms with Gasteiger partial charge in [-0.3, -0.25) is 4.79 Å². The smallest absolute Gasteiger partial charge is 0.417 e. The minimum atomic E-state index is -4.41. The first-order valence-corrected chi connectivity index (χ1v) is 6.38. The van der Waals surface area contributed by atoms with Gasteiger partial charge in [-0.25, -0.2) is 4.98 Å². The third-order valence-corrected chi connectivity index (χ3v) is 3.32. The quantitative estimate of drug-likeness (QED) is 0.629. The van der Waals surface area contributed by atoms with Gasteiger partial charge in [0.1, 0.15) is 4.75 Å². The molecule has 106 valence electrons. The number of esters is 1. The first kappa shape index (κ1) is 15.8. The highest BCUT2D eigenvalue weighted by Crippen LogP contribution is 2.34. The van der Waals surface area contributed by atoms with Crippen LogP contribution in [0.15, 0.2) is 23.4 Å². The number of carbonyl (C=O) groups is 1. The number of alkyl halides is 3. The van der Waals surface area contributed by atoms with Gasteiger partial charge >= 0.3 is 12.1 Å². The Hall–Kier alpha value is -1.24. The average molecular weight is 293 g/mol. The number of carbonyl (C=O) groups excluding carboxylic acids is 1. The highest BCUT2D eigenvalue weighted by atomic mass is 32.2.